The van der Waals surface area contributed by atoms with Crippen molar-refractivity contribution in [1.82, 2.24) is 0 Å². The molecule has 1 N–H and O–H groups in total. The van der Waals surface area contributed by atoms with Crippen molar-refractivity contribution in [1.29, 1.82) is 0 Å². The van der Waals surface area contributed by atoms with Crippen LogP contribution in [0.2, 0.25) is 0 Å². The molecule has 0 radical (unpaired) electrons. The Labute approximate surface area is 102 Å². The van der Waals surface area contributed by atoms with Crippen molar-refractivity contribution in [3.05, 3.63) is 56.2 Å². The summed E-state index contributed by atoms with van der Waals surface area (Å²) < 4.78 is 0.993. The van der Waals surface area contributed by atoms with Crippen LogP contribution < -0.4 is 0 Å². The first-order valence-corrected chi connectivity index (χ1v) is 6.33. The van der Waals surface area contributed by atoms with Crippen molar-refractivity contribution in [2.24, 2.45) is 0 Å². The topological polar surface area (TPSA) is 20.2 Å². The van der Waals surface area contributed by atoms with E-state index in [1.54, 1.807) is 11.3 Å². The fourth-order valence-corrected chi connectivity index (χ4v) is 2.69. The average molecular weight is 283 g/mol. The lowest BCUT2D eigenvalue weighted by Crippen LogP contribution is -1.99. The lowest BCUT2D eigenvalue weighted by atomic mass is 10.0. The highest BCUT2D eigenvalue weighted by molar-refractivity contribution is 9.10. The molecule has 0 saturated heterocycles. The van der Waals surface area contributed by atoms with Crippen LogP contribution in [0.25, 0.3) is 0 Å². The molecule has 2 aromatic rings. The van der Waals surface area contributed by atoms with Crippen molar-refractivity contribution in [3.63, 3.8) is 0 Å². The quantitative estimate of drug-likeness (QED) is 0.886. The molecule has 1 aromatic heterocycles. The van der Waals surface area contributed by atoms with E-state index in [4.69, 9.17) is 0 Å². The maximum Gasteiger partial charge on any atom is 0.105 e. The van der Waals surface area contributed by atoms with Gasteiger partial charge in [0.05, 0.1) is 0 Å². The summed E-state index contributed by atoms with van der Waals surface area (Å²) in [6.45, 7) is 2.03. The van der Waals surface area contributed by atoms with Crippen LogP contribution in [0.4, 0.5) is 0 Å². The number of thiophene rings is 1. The van der Waals surface area contributed by atoms with Gasteiger partial charge in [-0.15, -0.1) is 11.3 Å². The molecule has 1 heterocycles. The SMILES string of the molecule is Cc1sccc1C(O)c1cccc(Br)c1. The molecule has 2 rings (SSSR count). The van der Waals surface area contributed by atoms with Crippen LogP contribution in [0.5, 0.6) is 0 Å². The molecule has 0 amide bonds. The summed E-state index contributed by atoms with van der Waals surface area (Å²) in [5.41, 5.74) is 1.92. The van der Waals surface area contributed by atoms with Crippen LogP contribution in [-0.4, -0.2) is 5.11 Å². The molecule has 1 nitrogen and oxygen atoms in total. The minimum atomic E-state index is -0.520. The van der Waals surface area contributed by atoms with Crippen LogP contribution in [0.3, 0.4) is 0 Å². The van der Waals surface area contributed by atoms with Gasteiger partial charge in [0.2, 0.25) is 0 Å². The van der Waals surface area contributed by atoms with Gasteiger partial charge < -0.3 is 5.11 Å². The van der Waals surface area contributed by atoms with E-state index in [-0.39, 0.29) is 0 Å². The molecule has 0 aliphatic carbocycles. The Morgan fingerprint density at radius 3 is 2.73 bits per heavy atom. The smallest absolute Gasteiger partial charge is 0.105 e. The molecule has 3 heteroatoms. The normalized spacial score (nSPS) is 12.7. The highest BCUT2D eigenvalue weighted by atomic mass is 79.9. The van der Waals surface area contributed by atoms with E-state index in [0.717, 1.165) is 15.6 Å². The standard InChI is InChI=1S/C12H11BrOS/c1-8-11(5-6-15-8)12(14)9-3-2-4-10(13)7-9/h2-7,12,14H,1H3. The third-order valence-corrected chi connectivity index (χ3v) is 3.71. The summed E-state index contributed by atoms with van der Waals surface area (Å²) in [6.07, 6.45) is -0.520. The number of aliphatic hydroxyl groups excluding tert-OH is 1. The number of rotatable bonds is 2. The minimum absolute atomic E-state index is 0.520. The van der Waals surface area contributed by atoms with Gasteiger partial charge in [0.25, 0.3) is 0 Å². The van der Waals surface area contributed by atoms with Crippen molar-refractivity contribution in [3.8, 4) is 0 Å². The van der Waals surface area contributed by atoms with E-state index in [1.807, 2.05) is 42.6 Å². The highest BCUT2D eigenvalue weighted by Crippen LogP contribution is 2.29. The van der Waals surface area contributed by atoms with Crippen LogP contribution in [0.15, 0.2) is 40.2 Å². The fraction of sp³-hybridized carbons (Fsp3) is 0.167. The molecule has 0 aliphatic heterocycles. The van der Waals surface area contributed by atoms with Crippen LogP contribution >= 0.6 is 27.3 Å². The van der Waals surface area contributed by atoms with Gasteiger partial charge in [-0.2, -0.15) is 0 Å². The summed E-state index contributed by atoms with van der Waals surface area (Å²) in [7, 11) is 0. The van der Waals surface area contributed by atoms with Gasteiger partial charge in [-0.05, 0) is 41.6 Å². The van der Waals surface area contributed by atoms with Crippen LogP contribution in [0, 0.1) is 6.92 Å². The van der Waals surface area contributed by atoms with Gasteiger partial charge in [0.1, 0.15) is 6.10 Å². The van der Waals surface area contributed by atoms with Crippen molar-refractivity contribution in [2.75, 3.05) is 0 Å². The monoisotopic (exact) mass is 282 g/mol. The van der Waals surface area contributed by atoms with E-state index in [9.17, 15) is 5.11 Å². The number of halogens is 1. The second-order valence-corrected chi connectivity index (χ2v) is 5.43. The van der Waals surface area contributed by atoms with Crippen molar-refractivity contribution >= 4 is 27.3 Å². The summed E-state index contributed by atoms with van der Waals surface area (Å²) >= 11 is 5.06. The lowest BCUT2D eigenvalue weighted by molar-refractivity contribution is 0.220. The first kappa shape index (κ1) is 10.9. The predicted molar refractivity (Wildman–Crippen MR) is 67.3 cm³/mol. The maximum absolute atomic E-state index is 10.2. The molecular formula is C12H11BrOS. The third-order valence-electron chi connectivity index (χ3n) is 2.36. The Bertz CT molecular complexity index is 464. The molecule has 0 saturated carbocycles. The fourth-order valence-electron chi connectivity index (χ4n) is 1.53. The Hall–Kier alpha value is -0.640. The molecule has 1 atom stereocenters. The zero-order chi connectivity index (χ0) is 10.8. The molecule has 1 aromatic carbocycles. The maximum atomic E-state index is 10.2. The van der Waals surface area contributed by atoms with Gasteiger partial charge in [0, 0.05) is 9.35 Å². The third kappa shape index (κ3) is 2.30. The summed E-state index contributed by atoms with van der Waals surface area (Å²) in [5, 5.41) is 12.2. The van der Waals surface area contributed by atoms with E-state index < -0.39 is 6.10 Å². The minimum Gasteiger partial charge on any atom is -0.384 e. The summed E-state index contributed by atoms with van der Waals surface area (Å²) in [4.78, 5) is 1.17. The Morgan fingerprint density at radius 1 is 1.33 bits per heavy atom. The first-order valence-electron chi connectivity index (χ1n) is 4.66. The zero-order valence-electron chi connectivity index (χ0n) is 8.27. The Kier molecular flexibility index (Phi) is 3.24. The summed E-state index contributed by atoms with van der Waals surface area (Å²) in [5.74, 6) is 0. The van der Waals surface area contributed by atoms with Crippen LogP contribution in [0.1, 0.15) is 22.1 Å². The van der Waals surface area contributed by atoms with Crippen molar-refractivity contribution in [2.45, 2.75) is 13.0 Å². The van der Waals surface area contributed by atoms with E-state index in [1.165, 1.54) is 4.88 Å². The number of aliphatic hydroxyl groups is 1. The Balaban J connectivity index is 2.36. The zero-order valence-corrected chi connectivity index (χ0v) is 10.7. The van der Waals surface area contributed by atoms with Gasteiger partial charge in [-0.3, -0.25) is 0 Å². The van der Waals surface area contributed by atoms with E-state index >= 15 is 0 Å². The van der Waals surface area contributed by atoms with Gasteiger partial charge >= 0.3 is 0 Å². The molecule has 0 aliphatic rings. The van der Waals surface area contributed by atoms with Gasteiger partial charge in [-0.1, -0.05) is 28.1 Å². The second kappa shape index (κ2) is 4.47. The first-order chi connectivity index (χ1) is 7.18. The number of benzene rings is 1. The van der Waals surface area contributed by atoms with Crippen LogP contribution in [-0.2, 0) is 0 Å². The Morgan fingerprint density at radius 2 is 2.13 bits per heavy atom. The molecular weight excluding hydrogens is 272 g/mol. The molecule has 15 heavy (non-hydrogen) atoms. The van der Waals surface area contributed by atoms with E-state index in [2.05, 4.69) is 15.9 Å². The second-order valence-electron chi connectivity index (χ2n) is 3.39. The summed E-state index contributed by atoms with van der Waals surface area (Å²) in [6, 6.07) is 9.75. The number of hydrogen-bond donors (Lipinski definition) is 1. The largest absolute Gasteiger partial charge is 0.384 e. The highest BCUT2D eigenvalue weighted by Gasteiger charge is 2.13. The van der Waals surface area contributed by atoms with Gasteiger partial charge in [-0.25, -0.2) is 0 Å². The molecule has 0 bridgehead atoms. The van der Waals surface area contributed by atoms with Gasteiger partial charge in [0.15, 0.2) is 0 Å². The molecule has 0 fully saturated rings. The van der Waals surface area contributed by atoms with Crippen molar-refractivity contribution < 1.29 is 5.11 Å². The lowest BCUT2D eigenvalue weighted by Gasteiger charge is -2.11. The molecule has 0 spiro atoms. The van der Waals surface area contributed by atoms with E-state index in [0.29, 0.717) is 0 Å². The molecule has 1 unspecified atom stereocenters. The number of aryl methyl sites for hydroxylation is 1. The predicted octanol–water partition coefficient (Wildman–Crippen LogP) is 3.90. The molecule has 78 valence electrons. The average Bonchev–Trinajstić information content (AvgIpc) is 2.63. The number of hydrogen-bond acceptors (Lipinski definition) is 2.